The van der Waals surface area contributed by atoms with Gasteiger partial charge in [0.05, 0.1) is 11.1 Å². The van der Waals surface area contributed by atoms with Gasteiger partial charge in [0.2, 0.25) is 5.91 Å². The number of benzene rings is 1. The number of nitro benzene ring substituents is 1. The van der Waals surface area contributed by atoms with E-state index in [-0.39, 0.29) is 17.5 Å². The first-order chi connectivity index (χ1) is 9.56. The molecule has 0 bridgehead atoms. The fourth-order valence-electron chi connectivity index (χ4n) is 1.74. The van der Waals surface area contributed by atoms with Crippen molar-refractivity contribution >= 4 is 23.7 Å². The first kappa shape index (κ1) is 13.7. The molecule has 1 aromatic rings. The smallest absolute Gasteiger partial charge is 0.269 e. The molecular formula is C12H12N4O4. The van der Waals surface area contributed by atoms with Crippen LogP contribution in [0.4, 0.5) is 5.69 Å². The van der Waals surface area contributed by atoms with Gasteiger partial charge < -0.3 is 5.32 Å². The second-order valence-corrected chi connectivity index (χ2v) is 4.24. The Hall–Kier alpha value is -2.77. The number of hydrogen-bond acceptors (Lipinski definition) is 5. The Morgan fingerprint density at radius 2 is 2.15 bits per heavy atom. The van der Waals surface area contributed by atoms with E-state index in [0.717, 1.165) is 0 Å². The Balaban J connectivity index is 1.88. The molecule has 0 saturated carbocycles. The molecule has 1 aliphatic rings. The zero-order chi connectivity index (χ0) is 14.5. The molecule has 2 rings (SSSR count). The first-order valence-electron chi connectivity index (χ1n) is 5.93. The molecule has 1 fully saturated rings. The number of carbonyl (C=O) groups excluding carboxylic acids is 2. The summed E-state index contributed by atoms with van der Waals surface area (Å²) in [5, 5.41) is 16.7. The molecule has 8 nitrogen and oxygen atoms in total. The zero-order valence-corrected chi connectivity index (χ0v) is 10.4. The molecule has 2 amide bonds. The largest absolute Gasteiger partial charge is 0.344 e. The number of amides is 2. The predicted molar refractivity (Wildman–Crippen MR) is 70.0 cm³/mol. The normalized spacial score (nSPS) is 18.0. The Labute approximate surface area is 114 Å². The second kappa shape index (κ2) is 5.91. The van der Waals surface area contributed by atoms with Crippen LogP contribution in [-0.2, 0) is 9.59 Å². The van der Waals surface area contributed by atoms with E-state index in [4.69, 9.17) is 0 Å². The van der Waals surface area contributed by atoms with Crippen molar-refractivity contribution in [3.63, 3.8) is 0 Å². The number of hydrogen-bond donors (Lipinski definition) is 2. The minimum absolute atomic E-state index is 0.0140. The van der Waals surface area contributed by atoms with Crippen molar-refractivity contribution in [3.05, 3.63) is 39.9 Å². The van der Waals surface area contributed by atoms with Gasteiger partial charge >= 0.3 is 0 Å². The van der Waals surface area contributed by atoms with Gasteiger partial charge in [-0.1, -0.05) is 0 Å². The van der Waals surface area contributed by atoms with Crippen molar-refractivity contribution in [2.24, 2.45) is 5.10 Å². The van der Waals surface area contributed by atoms with Gasteiger partial charge in [-0.2, -0.15) is 5.10 Å². The van der Waals surface area contributed by atoms with Crippen molar-refractivity contribution in [2.45, 2.75) is 18.9 Å². The lowest BCUT2D eigenvalue weighted by atomic mass is 10.2. The summed E-state index contributed by atoms with van der Waals surface area (Å²) in [5.74, 6) is -0.529. The summed E-state index contributed by atoms with van der Waals surface area (Å²) in [7, 11) is 0. The fourth-order valence-corrected chi connectivity index (χ4v) is 1.74. The van der Waals surface area contributed by atoms with Gasteiger partial charge in [0.1, 0.15) is 6.04 Å². The number of nitro groups is 1. The lowest BCUT2D eigenvalue weighted by molar-refractivity contribution is -0.384. The minimum Gasteiger partial charge on any atom is -0.344 e. The molecule has 1 aromatic carbocycles. The maximum absolute atomic E-state index is 11.6. The summed E-state index contributed by atoms with van der Waals surface area (Å²) < 4.78 is 0. The standard InChI is InChI=1S/C12H12N4O4/c17-11-6-5-10(14-11)12(18)15-13-7-8-1-3-9(4-2-8)16(19)20/h1-4,7,10H,5-6H2,(H,14,17)(H,15,18)/b13-7+. The Kier molecular flexibility index (Phi) is 4.04. The Morgan fingerprint density at radius 1 is 1.45 bits per heavy atom. The summed E-state index contributed by atoms with van der Waals surface area (Å²) in [6.07, 6.45) is 2.17. The first-order valence-corrected chi connectivity index (χ1v) is 5.93. The summed E-state index contributed by atoms with van der Waals surface area (Å²) in [6.45, 7) is 0. The summed E-state index contributed by atoms with van der Waals surface area (Å²) in [6, 6.07) is 5.19. The summed E-state index contributed by atoms with van der Waals surface area (Å²) in [5.41, 5.74) is 2.92. The van der Waals surface area contributed by atoms with Gasteiger partial charge in [-0.25, -0.2) is 5.43 Å². The third kappa shape index (κ3) is 3.37. The molecule has 1 unspecified atom stereocenters. The highest BCUT2D eigenvalue weighted by molar-refractivity contribution is 5.91. The van der Waals surface area contributed by atoms with E-state index in [9.17, 15) is 19.7 Å². The highest BCUT2D eigenvalue weighted by Crippen LogP contribution is 2.10. The van der Waals surface area contributed by atoms with E-state index in [0.29, 0.717) is 18.4 Å². The van der Waals surface area contributed by atoms with Crippen molar-refractivity contribution in [1.82, 2.24) is 10.7 Å². The van der Waals surface area contributed by atoms with Crippen LogP contribution in [0, 0.1) is 10.1 Å². The molecule has 1 saturated heterocycles. The molecule has 1 heterocycles. The van der Waals surface area contributed by atoms with E-state index < -0.39 is 11.0 Å². The van der Waals surface area contributed by atoms with Crippen molar-refractivity contribution < 1.29 is 14.5 Å². The fraction of sp³-hybridized carbons (Fsp3) is 0.250. The molecule has 2 N–H and O–H groups in total. The van der Waals surface area contributed by atoms with Crippen LogP contribution < -0.4 is 10.7 Å². The predicted octanol–water partition coefficient (Wildman–Crippen LogP) is 0.323. The van der Waals surface area contributed by atoms with Crippen LogP contribution in [-0.4, -0.2) is 29.0 Å². The lowest BCUT2D eigenvalue weighted by Gasteiger charge is -2.06. The highest BCUT2D eigenvalue weighted by Gasteiger charge is 2.26. The van der Waals surface area contributed by atoms with Crippen molar-refractivity contribution in [3.8, 4) is 0 Å². The monoisotopic (exact) mass is 276 g/mol. The molecule has 0 radical (unpaired) electrons. The molecule has 104 valence electrons. The third-order valence-electron chi connectivity index (χ3n) is 2.80. The van der Waals surface area contributed by atoms with Gasteiger partial charge in [-0.3, -0.25) is 19.7 Å². The zero-order valence-electron chi connectivity index (χ0n) is 10.4. The molecule has 8 heteroatoms. The topological polar surface area (TPSA) is 114 Å². The van der Waals surface area contributed by atoms with Gasteiger partial charge in [0.25, 0.3) is 11.6 Å². The Bertz CT molecular complexity index is 567. The molecule has 1 atom stereocenters. The van der Waals surface area contributed by atoms with E-state index in [1.165, 1.54) is 30.5 Å². The van der Waals surface area contributed by atoms with Crippen LogP contribution >= 0.6 is 0 Å². The maximum Gasteiger partial charge on any atom is 0.269 e. The molecule has 0 aliphatic carbocycles. The summed E-state index contributed by atoms with van der Waals surface area (Å²) >= 11 is 0. The number of hydrazone groups is 1. The summed E-state index contributed by atoms with van der Waals surface area (Å²) in [4.78, 5) is 32.5. The molecule has 0 aromatic heterocycles. The molecule has 20 heavy (non-hydrogen) atoms. The van der Waals surface area contributed by atoms with E-state index in [2.05, 4.69) is 15.8 Å². The van der Waals surface area contributed by atoms with E-state index in [1.807, 2.05) is 0 Å². The van der Waals surface area contributed by atoms with Gasteiger partial charge in [0.15, 0.2) is 0 Å². The average molecular weight is 276 g/mol. The molecular weight excluding hydrogens is 264 g/mol. The number of rotatable bonds is 4. The van der Waals surface area contributed by atoms with Crippen LogP contribution in [0.25, 0.3) is 0 Å². The Morgan fingerprint density at radius 3 is 2.70 bits per heavy atom. The van der Waals surface area contributed by atoms with Crippen LogP contribution in [0.1, 0.15) is 18.4 Å². The number of nitrogens with one attached hydrogen (secondary N) is 2. The van der Waals surface area contributed by atoms with Gasteiger partial charge in [0, 0.05) is 18.6 Å². The van der Waals surface area contributed by atoms with Crippen LogP contribution in [0.5, 0.6) is 0 Å². The van der Waals surface area contributed by atoms with Crippen LogP contribution in [0.15, 0.2) is 29.4 Å². The lowest BCUT2D eigenvalue weighted by Crippen LogP contribution is -2.39. The van der Waals surface area contributed by atoms with E-state index in [1.54, 1.807) is 0 Å². The average Bonchev–Trinajstić information content (AvgIpc) is 2.86. The van der Waals surface area contributed by atoms with Gasteiger partial charge in [-0.05, 0) is 24.1 Å². The quantitative estimate of drug-likeness (QED) is 0.468. The third-order valence-corrected chi connectivity index (χ3v) is 2.80. The maximum atomic E-state index is 11.6. The SMILES string of the molecule is O=C1CCC(C(=O)N/N=C/c2ccc([N+](=O)[O-])cc2)N1. The van der Waals surface area contributed by atoms with Crippen molar-refractivity contribution in [2.75, 3.05) is 0 Å². The van der Waals surface area contributed by atoms with Crippen molar-refractivity contribution in [1.29, 1.82) is 0 Å². The minimum atomic E-state index is -0.545. The van der Waals surface area contributed by atoms with Gasteiger partial charge in [-0.15, -0.1) is 0 Å². The highest BCUT2D eigenvalue weighted by atomic mass is 16.6. The second-order valence-electron chi connectivity index (χ2n) is 4.24. The molecule has 0 spiro atoms. The number of carbonyl (C=O) groups is 2. The number of nitrogens with zero attached hydrogens (tertiary/aromatic N) is 2. The van der Waals surface area contributed by atoms with Crippen LogP contribution in [0.2, 0.25) is 0 Å². The molecule has 1 aliphatic heterocycles. The van der Waals surface area contributed by atoms with E-state index >= 15 is 0 Å². The van der Waals surface area contributed by atoms with Crippen LogP contribution in [0.3, 0.4) is 0 Å². The number of non-ortho nitro benzene ring substituents is 1.